The lowest BCUT2D eigenvalue weighted by Gasteiger charge is -2.23. The van der Waals surface area contributed by atoms with E-state index in [-0.39, 0.29) is 5.91 Å². The Labute approximate surface area is 127 Å². The standard InChI is InChI=1S/C17H25N3O/c21-17(16-5-8-18-9-6-16)20-12-3-4-15(7-13-20)14-19-10-1-2-11-19/h5-6,8-9,15H,1-4,7,10-14H2. The summed E-state index contributed by atoms with van der Waals surface area (Å²) in [7, 11) is 0. The van der Waals surface area contributed by atoms with Crippen LogP contribution in [0.2, 0.25) is 0 Å². The van der Waals surface area contributed by atoms with Crippen molar-refractivity contribution in [3.8, 4) is 0 Å². The minimum absolute atomic E-state index is 0.166. The zero-order valence-electron chi connectivity index (χ0n) is 12.7. The molecule has 0 bridgehead atoms. The Kier molecular flexibility index (Phi) is 4.86. The monoisotopic (exact) mass is 287 g/mol. The Morgan fingerprint density at radius 1 is 1.05 bits per heavy atom. The van der Waals surface area contributed by atoms with E-state index in [1.807, 2.05) is 17.0 Å². The van der Waals surface area contributed by atoms with E-state index in [0.717, 1.165) is 37.4 Å². The molecule has 2 fully saturated rings. The van der Waals surface area contributed by atoms with Gasteiger partial charge < -0.3 is 9.80 Å². The van der Waals surface area contributed by atoms with E-state index in [0.29, 0.717) is 0 Å². The summed E-state index contributed by atoms with van der Waals surface area (Å²) in [5.74, 6) is 0.928. The molecular formula is C17H25N3O. The number of hydrogen-bond acceptors (Lipinski definition) is 3. The first-order valence-corrected chi connectivity index (χ1v) is 8.24. The van der Waals surface area contributed by atoms with Gasteiger partial charge in [-0.1, -0.05) is 0 Å². The fraction of sp³-hybridized carbons (Fsp3) is 0.647. The molecule has 3 heterocycles. The van der Waals surface area contributed by atoms with Crippen molar-refractivity contribution in [2.45, 2.75) is 32.1 Å². The van der Waals surface area contributed by atoms with Crippen LogP contribution in [0.15, 0.2) is 24.5 Å². The lowest BCUT2D eigenvalue weighted by atomic mass is 10.0. The molecule has 0 saturated carbocycles. The summed E-state index contributed by atoms with van der Waals surface area (Å²) in [5, 5.41) is 0. The number of hydrogen-bond donors (Lipinski definition) is 0. The fourth-order valence-electron chi connectivity index (χ4n) is 3.56. The lowest BCUT2D eigenvalue weighted by molar-refractivity contribution is 0.0759. The average molecular weight is 287 g/mol. The van der Waals surface area contributed by atoms with Crippen molar-refractivity contribution in [3.05, 3.63) is 30.1 Å². The predicted octanol–water partition coefficient (Wildman–Crippen LogP) is 2.42. The first-order valence-electron chi connectivity index (χ1n) is 8.24. The molecule has 4 heteroatoms. The summed E-state index contributed by atoms with van der Waals surface area (Å²) in [6.07, 6.45) is 9.65. The number of likely N-dealkylation sites (tertiary alicyclic amines) is 2. The van der Waals surface area contributed by atoms with Crippen LogP contribution in [0.5, 0.6) is 0 Å². The molecule has 4 nitrogen and oxygen atoms in total. The van der Waals surface area contributed by atoms with Crippen molar-refractivity contribution in [1.29, 1.82) is 0 Å². The summed E-state index contributed by atoms with van der Waals surface area (Å²) in [5.41, 5.74) is 0.767. The molecule has 1 amide bonds. The second-order valence-corrected chi connectivity index (χ2v) is 6.33. The normalized spacial score (nSPS) is 24.0. The number of nitrogens with zero attached hydrogens (tertiary/aromatic N) is 3. The summed E-state index contributed by atoms with van der Waals surface area (Å²) < 4.78 is 0. The van der Waals surface area contributed by atoms with E-state index >= 15 is 0 Å². The first kappa shape index (κ1) is 14.5. The molecule has 114 valence electrons. The number of rotatable bonds is 3. The number of amides is 1. The second-order valence-electron chi connectivity index (χ2n) is 6.33. The van der Waals surface area contributed by atoms with Crippen LogP contribution in [-0.2, 0) is 0 Å². The SMILES string of the molecule is O=C(c1ccncc1)N1CCCC(CN2CCCC2)CC1. The van der Waals surface area contributed by atoms with Crippen LogP contribution < -0.4 is 0 Å². The van der Waals surface area contributed by atoms with Gasteiger partial charge in [0.05, 0.1) is 0 Å². The van der Waals surface area contributed by atoms with Gasteiger partial charge in [-0.2, -0.15) is 0 Å². The van der Waals surface area contributed by atoms with Gasteiger partial charge in [0.15, 0.2) is 0 Å². The van der Waals surface area contributed by atoms with E-state index in [2.05, 4.69) is 9.88 Å². The van der Waals surface area contributed by atoms with Crippen molar-refractivity contribution < 1.29 is 4.79 Å². The third-order valence-corrected chi connectivity index (χ3v) is 4.78. The van der Waals surface area contributed by atoms with E-state index < -0.39 is 0 Å². The molecule has 1 aromatic rings. The van der Waals surface area contributed by atoms with Crippen molar-refractivity contribution in [1.82, 2.24) is 14.8 Å². The molecule has 0 spiro atoms. The van der Waals surface area contributed by atoms with Gasteiger partial charge in [-0.05, 0) is 63.2 Å². The molecule has 3 rings (SSSR count). The maximum Gasteiger partial charge on any atom is 0.253 e. The topological polar surface area (TPSA) is 36.4 Å². The molecule has 2 aliphatic rings. The molecule has 0 aliphatic carbocycles. The summed E-state index contributed by atoms with van der Waals surface area (Å²) in [6, 6.07) is 3.63. The third-order valence-electron chi connectivity index (χ3n) is 4.78. The lowest BCUT2D eigenvalue weighted by Crippen LogP contribution is -2.32. The molecule has 0 N–H and O–H groups in total. The van der Waals surface area contributed by atoms with Gasteiger partial charge in [0.2, 0.25) is 0 Å². The van der Waals surface area contributed by atoms with Gasteiger partial charge in [-0.3, -0.25) is 9.78 Å². The van der Waals surface area contributed by atoms with Gasteiger partial charge in [0.25, 0.3) is 5.91 Å². The highest BCUT2D eigenvalue weighted by Crippen LogP contribution is 2.21. The molecule has 0 radical (unpaired) electrons. The van der Waals surface area contributed by atoms with Crippen LogP contribution in [-0.4, -0.2) is 53.4 Å². The Morgan fingerprint density at radius 3 is 2.57 bits per heavy atom. The maximum absolute atomic E-state index is 12.5. The molecule has 1 aromatic heterocycles. The number of carbonyl (C=O) groups is 1. The van der Waals surface area contributed by atoms with Crippen LogP contribution >= 0.6 is 0 Å². The summed E-state index contributed by atoms with van der Waals surface area (Å²) >= 11 is 0. The fourth-order valence-corrected chi connectivity index (χ4v) is 3.56. The zero-order valence-corrected chi connectivity index (χ0v) is 12.7. The first-order chi connectivity index (χ1) is 10.3. The van der Waals surface area contributed by atoms with Gasteiger partial charge in [0.1, 0.15) is 0 Å². The van der Waals surface area contributed by atoms with Gasteiger partial charge in [0, 0.05) is 37.6 Å². The van der Waals surface area contributed by atoms with Crippen LogP contribution in [0, 0.1) is 5.92 Å². The van der Waals surface area contributed by atoms with Crippen molar-refractivity contribution in [2.75, 3.05) is 32.7 Å². The van der Waals surface area contributed by atoms with Crippen molar-refractivity contribution >= 4 is 5.91 Å². The highest BCUT2D eigenvalue weighted by atomic mass is 16.2. The minimum Gasteiger partial charge on any atom is -0.339 e. The molecule has 1 unspecified atom stereocenters. The van der Waals surface area contributed by atoms with Crippen LogP contribution in [0.4, 0.5) is 0 Å². The Morgan fingerprint density at radius 2 is 1.81 bits per heavy atom. The largest absolute Gasteiger partial charge is 0.339 e. The highest BCUT2D eigenvalue weighted by Gasteiger charge is 2.23. The van der Waals surface area contributed by atoms with Crippen molar-refractivity contribution in [2.24, 2.45) is 5.92 Å². The number of aromatic nitrogens is 1. The van der Waals surface area contributed by atoms with Gasteiger partial charge >= 0.3 is 0 Å². The Hall–Kier alpha value is -1.42. The van der Waals surface area contributed by atoms with Crippen molar-refractivity contribution in [3.63, 3.8) is 0 Å². The number of carbonyl (C=O) groups excluding carboxylic acids is 1. The molecule has 0 aromatic carbocycles. The van der Waals surface area contributed by atoms with E-state index in [9.17, 15) is 4.79 Å². The van der Waals surface area contributed by atoms with Crippen LogP contribution in [0.3, 0.4) is 0 Å². The molecule has 1 atom stereocenters. The summed E-state index contributed by atoms with van der Waals surface area (Å²) in [6.45, 7) is 5.58. The minimum atomic E-state index is 0.166. The summed E-state index contributed by atoms with van der Waals surface area (Å²) in [4.78, 5) is 21.1. The third kappa shape index (κ3) is 3.82. The maximum atomic E-state index is 12.5. The molecule has 2 saturated heterocycles. The number of pyridine rings is 1. The Bertz CT molecular complexity index is 456. The molecular weight excluding hydrogens is 262 g/mol. The van der Waals surface area contributed by atoms with Crippen LogP contribution in [0.25, 0.3) is 0 Å². The smallest absolute Gasteiger partial charge is 0.253 e. The molecule has 2 aliphatic heterocycles. The second kappa shape index (κ2) is 7.03. The zero-order chi connectivity index (χ0) is 14.5. The van der Waals surface area contributed by atoms with Crippen LogP contribution in [0.1, 0.15) is 42.5 Å². The quantitative estimate of drug-likeness (QED) is 0.856. The molecule has 21 heavy (non-hydrogen) atoms. The predicted molar refractivity (Wildman–Crippen MR) is 83.2 cm³/mol. The average Bonchev–Trinajstić information content (AvgIpc) is 2.92. The van der Waals surface area contributed by atoms with E-state index in [4.69, 9.17) is 0 Å². The van der Waals surface area contributed by atoms with E-state index in [1.165, 1.54) is 38.9 Å². The van der Waals surface area contributed by atoms with Gasteiger partial charge in [-0.25, -0.2) is 0 Å². The highest BCUT2D eigenvalue weighted by molar-refractivity contribution is 5.94. The van der Waals surface area contributed by atoms with E-state index in [1.54, 1.807) is 12.4 Å². The Balaban J connectivity index is 1.54. The van der Waals surface area contributed by atoms with Gasteiger partial charge in [-0.15, -0.1) is 0 Å².